The van der Waals surface area contributed by atoms with Gasteiger partial charge < -0.3 is 10.1 Å². The first-order valence-electron chi connectivity index (χ1n) is 5.89. The summed E-state index contributed by atoms with van der Waals surface area (Å²) in [6.45, 7) is 0. The smallest absolute Gasteiger partial charge is 0.348 e. The molecule has 0 aromatic carbocycles. The van der Waals surface area contributed by atoms with Crippen LogP contribution in [0.2, 0.25) is 10.3 Å². The number of hydrogen-bond donors (Lipinski definition) is 2. The summed E-state index contributed by atoms with van der Waals surface area (Å²) >= 11 is 12.2. The highest BCUT2D eigenvalue weighted by atomic mass is 35.5. The number of carbonyl (C=O) groups excluding carboxylic acids is 2. The summed E-state index contributed by atoms with van der Waals surface area (Å²) in [6.07, 6.45) is 0. The molecular formula is C12H8Cl2N4O4S. The Hall–Kier alpha value is -2.23. The van der Waals surface area contributed by atoms with Gasteiger partial charge in [0.05, 0.1) is 7.11 Å². The monoisotopic (exact) mass is 374 g/mol. The van der Waals surface area contributed by atoms with Crippen LogP contribution in [0.3, 0.4) is 0 Å². The van der Waals surface area contributed by atoms with Crippen LogP contribution in [0, 0.1) is 0 Å². The summed E-state index contributed by atoms with van der Waals surface area (Å²) < 4.78 is 4.51. The van der Waals surface area contributed by atoms with Gasteiger partial charge in [0.2, 0.25) is 0 Å². The van der Waals surface area contributed by atoms with Crippen LogP contribution >= 0.6 is 34.5 Å². The van der Waals surface area contributed by atoms with Crippen LogP contribution in [-0.4, -0.2) is 29.1 Å². The molecule has 0 saturated heterocycles. The maximum Gasteiger partial charge on any atom is 0.348 e. The lowest BCUT2D eigenvalue weighted by Gasteiger charge is -2.07. The maximum atomic E-state index is 11.9. The molecule has 0 unspecified atom stereocenters. The standard InChI is InChI=1S/C12H8Cl2N4O4S/c1-22-10(20)6-4-9(19)17-12(23-6)18-11(21)15-5-2-7(13)16-8(14)3-5/h2-4H,1H3,(H2,15,16,17,18,19,21). The fraction of sp³-hybridized carbons (Fsp3) is 0.0833. The zero-order chi connectivity index (χ0) is 17.0. The number of pyridine rings is 1. The Bertz CT molecular complexity index is 807. The van der Waals surface area contributed by atoms with Gasteiger partial charge in [-0.2, -0.15) is 4.98 Å². The molecule has 2 amide bonds. The van der Waals surface area contributed by atoms with Crippen LogP contribution in [0.5, 0.6) is 0 Å². The van der Waals surface area contributed by atoms with Crippen LogP contribution < -0.4 is 16.2 Å². The number of anilines is 2. The van der Waals surface area contributed by atoms with Crippen LogP contribution in [0.15, 0.2) is 23.0 Å². The van der Waals surface area contributed by atoms with E-state index in [1.807, 2.05) is 0 Å². The van der Waals surface area contributed by atoms with Gasteiger partial charge in [0.15, 0.2) is 5.13 Å². The number of halogens is 2. The van der Waals surface area contributed by atoms with Crippen LogP contribution in [0.1, 0.15) is 9.67 Å². The van der Waals surface area contributed by atoms with Crippen molar-refractivity contribution in [3.63, 3.8) is 0 Å². The molecule has 0 aliphatic rings. The third kappa shape index (κ3) is 4.88. The summed E-state index contributed by atoms with van der Waals surface area (Å²) in [4.78, 5) is 42.1. The fourth-order valence-corrected chi connectivity index (χ4v) is 2.73. The van der Waals surface area contributed by atoms with E-state index < -0.39 is 17.6 Å². The van der Waals surface area contributed by atoms with Crippen LogP contribution in [-0.2, 0) is 4.74 Å². The molecule has 0 radical (unpaired) electrons. The molecule has 2 heterocycles. The highest BCUT2D eigenvalue weighted by Crippen LogP contribution is 2.19. The molecule has 2 rings (SSSR count). The molecular weight excluding hydrogens is 367 g/mol. The summed E-state index contributed by atoms with van der Waals surface area (Å²) in [5.74, 6) is -0.703. The summed E-state index contributed by atoms with van der Waals surface area (Å²) in [5, 5.41) is 4.91. The van der Waals surface area contributed by atoms with Gasteiger partial charge in [-0.1, -0.05) is 34.5 Å². The predicted molar refractivity (Wildman–Crippen MR) is 86.6 cm³/mol. The molecule has 23 heavy (non-hydrogen) atoms. The summed E-state index contributed by atoms with van der Waals surface area (Å²) in [7, 11) is 1.18. The van der Waals surface area contributed by atoms with E-state index in [-0.39, 0.29) is 20.3 Å². The number of carbonyl (C=O) groups is 2. The first kappa shape index (κ1) is 17.1. The van der Waals surface area contributed by atoms with Crippen LogP contribution in [0.4, 0.5) is 15.6 Å². The first-order valence-corrected chi connectivity index (χ1v) is 7.46. The molecule has 120 valence electrons. The molecule has 8 nitrogen and oxygen atoms in total. The second-order valence-electron chi connectivity index (χ2n) is 3.94. The maximum absolute atomic E-state index is 11.9. The second-order valence-corrected chi connectivity index (χ2v) is 5.74. The molecule has 0 aliphatic heterocycles. The van der Waals surface area contributed by atoms with Crippen molar-refractivity contribution in [2.24, 2.45) is 0 Å². The molecule has 0 atom stereocenters. The number of ether oxygens (including phenoxy) is 1. The van der Waals surface area contributed by atoms with Gasteiger partial charge in [0, 0.05) is 11.8 Å². The Morgan fingerprint density at radius 2 is 1.78 bits per heavy atom. The van der Waals surface area contributed by atoms with E-state index in [1.165, 1.54) is 19.2 Å². The lowest BCUT2D eigenvalue weighted by Crippen LogP contribution is -2.22. The minimum atomic E-state index is -0.703. The van der Waals surface area contributed by atoms with Crippen LogP contribution in [0.25, 0.3) is 0 Å². The van der Waals surface area contributed by atoms with Gasteiger partial charge in [-0.3, -0.25) is 10.1 Å². The third-order valence-corrected chi connectivity index (χ3v) is 3.58. The molecule has 0 saturated carbocycles. The van der Waals surface area contributed by atoms with E-state index in [0.717, 1.165) is 17.4 Å². The lowest BCUT2D eigenvalue weighted by atomic mass is 10.4. The van der Waals surface area contributed by atoms with E-state index in [4.69, 9.17) is 23.2 Å². The van der Waals surface area contributed by atoms with E-state index >= 15 is 0 Å². The molecule has 2 N–H and O–H groups in total. The lowest BCUT2D eigenvalue weighted by molar-refractivity contribution is 0.0606. The van der Waals surface area contributed by atoms with E-state index in [1.54, 1.807) is 0 Å². The van der Waals surface area contributed by atoms with Crippen molar-refractivity contribution < 1.29 is 14.3 Å². The fourth-order valence-electron chi connectivity index (χ4n) is 1.45. The van der Waals surface area contributed by atoms with E-state index in [0.29, 0.717) is 5.69 Å². The minimum absolute atomic E-state index is 0.0119. The van der Waals surface area contributed by atoms with E-state index in [2.05, 4.69) is 25.3 Å². The molecule has 0 spiro atoms. The Balaban J connectivity index is 2.15. The number of nitrogens with zero attached hydrogens (tertiary/aromatic N) is 2. The second kappa shape index (κ2) is 7.36. The van der Waals surface area contributed by atoms with Crippen molar-refractivity contribution in [1.29, 1.82) is 0 Å². The van der Waals surface area contributed by atoms with Crippen molar-refractivity contribution >= 4 is 57.4 Å². The largest absolute Gasteiger partial charge is 0.465 e. The topological polar surface area (TPSA) is 110 Å². The minimum Gasteiger partial charge on any atom is -0.465 e. The number of rotatable bonds is 3. The first-order chi connectivity index (χ1) is 10.9. The van der Waals surface area contributed by atoms with Gasteiger partial charge >= 0.3 is 12.0 Å². The zero-order valence-electron chi connectivity index (χ0n) is 11.4. The van der Waals surface area contributed by atoms with Crippen molar-refractivity contribution in [1.82, 2.24) is 9.97 Å². The Morgan fingerprint density at radius 3 is 2.39 bits per heavy atom. The Morgan fingerprint density at radius 1 is 1.13 bits per heavy atom. The summed E-state index contributed by atoms with van der Waals surface area (Å²) in [6, 6.07) is 3.08. The molecule has 11 heteroatoms. The molecule has 2 aromatic rings. The predicted octanol–water partition coefficient (Wildman–Crippen LogP) is 2.64. The Kier molecular flexibility index (Phi) is 5.48. The zero-order valence-corrected chi connectivity index (χ0v) is 13.8. The van der Waals surface area contributed by atoms with Gasteiger partial charge in [-0.25, -0.2) is 14.6 Å². The average molecular weight is 375 g/mol. The quantitative estimate of drug-likeness (QED) is 0.630. The van der Waals surface area contributed by atoms with Crippen molar-refractivity contribution in [3.05, 3.63) is 43.7 Å². The molecule has 0 bridgehead atoms. The normalized spacial score (nSPS) is 10.0. The molecule has 0 aliphatic carbocycles. The SMILES string of the molecule is COC(=O)c1cc(=O)nc(NC(=O)Nc2cc(Cl)nc(Cl)c2)s1. The summed E-state index contributed by atoms with van der Waals surface area (Å²) in [5.41, 5.74) is -0.390. The third-order valence-electron chi connectivity index (χ3n) is 2.30. The molecule has 0 fully saturated rings. The number of aromatic nitrogens is 2. The van der Waals surface area contributed by atoms with E-state index in [9.17, 15) is 14.4 Å². The van der Waals surface area contributed by atoms with Crippen molar-refractivity contribution in [2.45, 2.75) is 0 Å². The number of hydrogen-bond acceptors (Lipinski definition) is 7. The highest BCUT2D eigenvalue weighted by molar-refractivity contribution is 7.17. The van der Waals surface area contributed by atoms with Gasteiger partial charge in [-0.05, 0) is 12.1 Å². The van der Waals surface area contributed by atoms with Gasteiger partial charge in [-0.15, -0.1) is 0 Å². The number of methoxy groups -OCH3 is 1. The number of amides is 2. The number of esters is 1. The van der Waals surface area contributed by atoms with Crippen molar-refractivity contribution in [2.75, 3.05) is 17.7 Å². The number of nitrogens with one attached hydrogen (secondary N) is 2. The van der Waals surface area contributed by atoms with Crippen molar-refractivity contribution in [3.8, 4) is 0 Å². The highest BCUT2D eigenvalue weighted by Gasteiger charge is 2.12. The Labute approximate surface area is 143 Å². The molecule has 2 aromatic heterocycles. The van der Waals surface area contributed by atoms with Gasteiger partial charge in [0.1, 0.15) is 15.2 Å². The average Bonchev–Trinajstić information content (AvgIpc) is 2.44. The number of urea groups is 1. The van der Waals surface area contributed by atoms with Gasteiger partial charge in [0.25, 0.3) is 5.56 Å².